The van der Waals surface area contributed by atoms with Crippen LogP contribution in [0.4, 0.5) is 11.4 Å². The zero-order chi connectivity index (χ0) is 24.7. The normalized spacial score (nSPS) is 11.9. The number of hydrogen-bond acceptors (Lipinski definition) is 5. The van der Waals surface area contributed by atoms with Crippen LogP contribution in [0.15, 0.2) is 88.8 Å². The number of carboxylic acids is 1. The highest BCUT2D eigenvalue weighted by atomic mass is 32.2. The summed E-state index contributed by atoms with van der Waals surface area (Å²) in [5.41, 5.74) is 12.5. The minimum Gasteiger partial charge on any atom is -0.480 e. The number of nitrogens with two attached hydrogens (primary N) is 2. The molecule has 3 rings (SSSR count). The third kappa shape index (κ3) is 6.64. The zero-order valence-corrected chi connectivity index (χ0v) is 18.7. The molecule has 3 aromatic rings. The van der Waals surface area contributed by atoms with Gasteiger partial charge in [0.1, 0.15) is 6.04 Å². The first-order chi connectivity index (χ1) is 16.1. The highest BCUT2D eigenvalue weighted by Gasteiger charge is 2.25. The SMILES string of the molecule is NC(N)=Nc1cccc(C(=O)Nc2ccc(CC(NS(=O)(=O)c3ccccc3)C(=O)O)cc2)c1. The molecular formula is C23H23N5O5S. The van der Waals surface area contributed by atoms with Crippen LogP contribution in [0.2, 0.25) is 0 Å². The number of sulfonamides is 1. The zero-order valence-electron chi connectivity index (χ0n) is 17.9. The van der Waals surface area contributed by atoms with Gasteiger partial charge in [0.2, 0.25) is 10.0 Å². The summed E-state index contributed by atoms with van der Waals surface area (Å²) in [5.74, 6) is -1.82. The van der Waals surface area contributed by atoms with E-state index in [0.717, 1.165) is 0 Å². The molecule has 0 radical (unpaired) electrons. The van der Waals surface area contributed by atoms with E-state index in [2.05, 4.69) is 15.0 Å². The number of carboxylic acid groups (broad SMARTS) is 1. The molecule has 0 fully saturated rings. The number of rotatable bonds is 9. The second-order valence-electron chi connectivity index (χ2n) is 7.27. The first kappa shape index (κ1) is 24.4. The number of guanidine groups is 1. The molecule has 1 unspecified atom stereocenters. The van der Waals surface area contributed by atoms with Crippen LogP contribution in [0, 0.1) is 0 Å². The van der Waals surface area contributed by atoms with Gasteiger partial charge in [0.25, 0.3) is 5.91 Å². The molecule has 34 heavy (non-hydrogen) atoms. The van der Waals surface area contributed by atoms with Crippen molar-refractivity contribution >= 4 is 39.2 Å². The number of aliphatic carboxylic acids is 1. The fraction of sp³-hybridized carbons (Fsp3) is 0.0870. The molecule has 0 aromatic heterocycles. The Kier molecular flexibility index (Phi) is 7.61. The first-order valence-corrected chi connectivity index (χ1v) is 11.5. The molecule has 0 aliphatic heterocycles. The quantitative estimate of drug-likeness (QED) is 0.228. The number of nitrogens with one attached hydrogen (secondary N) is 2. The summed E-state index contributed by atoms with van der Waals surface area (Å²) in [6.07, 6.45) is -0.0871. The van der Waals surface area contributed by atoms with Crippen LogP contribution < -0.4 is 21.5 Å². The van der Waals surface area contributed by atoms with E-state index in [1.165, 1.54) is 18.2 Å². The highest BCUT2D eigenvalue weighted by molar-refractivity contribution is 7.89. The summed E-state index contributed by atoms with van der Waals surface area (Å²) in [6.45, 7) is 0. The van der Waals surface area contributed by atoms with Crippen LogP contribution >= 0.6 is 0 Å². The summed E-state index contributed by atoms with van der Waals surface area (Å²) < 4.78 is 27.2. The van der Waals surface area contributed by atoms with Crippen molar-refractivity contribution in [3.05, 3.63) is 90.0 Å². The molecule has 0 saturated carbocycles. The molecule has 0 bridgehead atoms. The van der Waals surface area contributed by atoms with Gasteiger partial charge in [0.15, 0.2) is 5.96 Å². The van der Waals surface area contributed by atoms with Crippen molar-refractivity contribution in [2.75, 3.05) is 5.32 Å². The average molecular weight is 482 g/mol. The number of hydrogen-bond donors (Lipinski definition) is 5. The van der Waals surface area contributed by atoms with Gasteiger partial charge in [-0.1, -0.05) is 36.4 Å². The van der Waals surface area contributed by atoms with Crippen LogP contribution in [0.1, 0.15) is 15.9 Å². The Hall–Kier alpha value is -4.22. The van der Waals surface area contributed by atoms with Gasteiger partial charge in [-0.25, -0.2) is 13.4 Å². The molecule has 1 atom stereocenters. The van der Waals surface area contributed by atoms with Gasteiger partial charge in [-0.05, 0) is 54.4 Å². The van der Waals surface area contributed by atoms with E-state index in [1.54, 1.807) is 60.7 Å². The minimum atomic E-state index is -4.00. The predicted molar refractivity (Wildman–Crippen MR) is 128 cm³/mol. The van der Waals surface area contributed by atoms with Crippen molar-refractivity contribution in [1.29, 1.82) is 0 Å². The van der Waals surface area contributed by atoms with Gasteiger partial charge < -0.3 is 21.9 Å². The molecule has 0 heterocycles. The highest BCUT2D eigenvalue weighted by Crippen LogP contribution is 2.17. The predicted octanol–water partition coefficient (Wildman–Crippen LogP) is 1.82. The van der Waals surface area contributed by atoms with Gasteiger partial charge in [0, 0.05) is 11.3 Å². The van der Waals surface area contributed by atoms with Gasteiger partial charge in [0.05, 0.1) is 10.6 Å². The van der Waals surface area contributed by atoms with Crippen LogP contribution in [0.25, 0.3) is 0 Å². The summed E-state index contributed by atoms with van der Waals surface area (Å²) in [7, 11) is -4.00. The lowest BCUT2D eigenvalue weighted by molar-refractivity contribution is -0.138. The van der Waals surface area contributed by atoms with E-state index in [9.17, 15) is 23.1 Å². The third-order valence-electron chi connectivity index (χ3n) is 4.67. The average Bonchev–Trinajstić information content (AvgIpc) is 2.80. The number of carbonyl (C=O) groups excluding carboxylic acids is 1. The van der Waals surface area contributed by atoms with Crippen LogP contribution in [0.5, 0.6) is 0 Å². The maximum absolute atomic E-state index is 12.5. The lowest BCUT2D eigenvalue weighted by Crippen LogP contribution is -2.42. The van der Waals surface area contributed by atoms with E-state index >= 15 is 0 Å². The number of amides is 1. The molecule has 0 aliphatic carbocycles. The van der Waals surface area contributed by atoms with Crippen molar-refractivity contribution in [2.45, 2.75) is 17.4 Å². The van der Waals surface area contributed by atoms with Crippen LogP contribution in [-0.2, 0) is 21.2 Å². The monoisotopic (exact) mass is 481 g/mol. The lowest BCUT2D eigenvalue weighted by Gasteiger charge is -2.15. The number of aliphatic imine (C=N–C) groups is 1. The Balaban J connectivity index is 1.68. The number of benzene rings is 3. The van der Waals surface area contributed by atoms with E-state index in [0.29, 0.717) is 22.5 Å². The summed E-state index contributed by atoms with van der Waals surface area (Å²) in [4.78, 5) is 28.1. The van der Waals surface area contributed by atoms with E-state index < -0.39 is 22.0 Å². The Morgan fingerprint density at radius 1 is 0.941 bits per heavy atom. The Morgan fingerprint density at radius 2 is 1.62 bits per heavy atom. The minimum absolute atomic E-state index is 0.0248. The molecule has 1 amide bonds. The van der Waals surface area contributed by atoms with Crippen molar-refractivity contribution in [1.82, 2.24) is 4.72 Å². The van der Waals surface area contributed by atoms with E-state index in [4.69, 9.17) is 11.5 Å². The molecule has 11 heteroatoms. The summed E-state index contributed by atoms with van der Waals surface area (Å²) in [5, 5.41) is 12.2. The number of carbonyl (C=O) groups is 2. The molecular weight excluding hydrogens is 458 g/mol. The molecule has 3 aromatic carbocycles. The molecule has 7 N–H and O–H groups in total. The molecule has 10 nitrogen and oxygen atoms in total. The molecule has 0 saturated heterocycles. The summed E-state index contributed by atoms with van der Waals surface area (Å²) >= 11 is 0. The second kappa shape index (κ2) is 10.6. The van der Waals surface area contributed by atoms with Crippen molar-refractivity contribution in [2.24, 2.45) is 16.5 Å². The topological polar surface area (TPSA) is 177 Å². The lowest BCUT2D eigenvalue weighted by atomic mass is 10.1. The molecule has 0 aliphatic rings. The second-order valence-corrected chi connectivity index (χ2v) is 8.98. The third-order valence-corrected chi connectivity index (χ3v) is 6.15. The molecule has 176 valence electrons. The van der Waals surface area contributed by atoms with Gasteiger partial charge >= 0.3 is 5.97 Å². The van der Waals surface area contributed by atoms with Crippen molar-refractivity contribution < 1.29 is 23.1 Å². The van der Waals surface area contributed by atoms with Crippen molar-refractivity contribution in [3.63, 3.8) is 0 Å². The fourth-order valence-electron chi connectivity index (χ4n) is 3.06. The number of nitrogens with zero attached hydrogens (tertiary/aromatic N) is 1. The van der Waals surface area contributed by atoms with Crippen molar-refractivity contribution in [3.8, 4) is 0 Å². The Morgan fingerprint density at radius 3 is 2.24 bits per heavy atom. The molecule has 0 spiro atoms. The Labute approximate surface area is 196 Å². The van der Waals surface area contributed by atoms with E-state index in [-0.39, 0.29) is 23.2 Å². The van der Waals surface area contributed by atoms with Gasteiger partial charge in [-0.2, -0.15) is 4.72 Å². The standard InChI is InChI=1S/C23H23N5O5S/c24-23(25)27-18-6-4-5-16(14-18)21(29)26-17-11-9-15(10-12-17)13-20(22(30)31)28-34(32,33)19-7-2-1-3-8-19/h1-12,14,20,28H,13H2,(H,26,29)(H,30,31)(H4,24,25,27). The fourth-order valence-corrected chi connectivity index (χ4v) is 4.27. The van der Waals surface area contributed by atoms with Crippen LogP contribution in [0.3, 0.4) is 0 Å². The smallest absolute Gasteiger partial charge is 0.322 e. The first-order valence-electron chi connectivity index (χ1n) is 10.0. The maximum Gasteiger partial charge on any atom is 0.322 e. The van der Waals surface area contributed by atoms with Gasteiger partial charge in [-0.3, -0.25) is 9.59 Å². The number of anilines is 1. The summed E-state index contributed by atoms with van der Waals surface area (Å²) in [6, 6.07) is 19.0. The maximum atomic E-state index is 12.5. The van der Waals surface area contributed by atoms with E-state index in [1.807, 2.05) is 0 Å². The Bertz CT molecular complexity index is 1310. The van der Waals surface area contributed by atoms with Gasteiger partial charge in [-0.15, -0.1) is 0 Å². The van der Waals surface area contributed by atoms with Crippen LogP contribution in [-0.4, -0.2) is 37.4 Å². The largest absolute Gasteiger partial charge is 0.480 e.